The molecule has 2 nitrogen and oxygen atoms in total. The molecule has 0 spiro atoms. The quantitative estimate of drug-likeness (QED) is 0.751. The Morgan fingerprint density at radius 2 is 2.36 bits per heavy atom. The van der Waals surface area contributed by atoms with Gasteiger partial charge >= 0.3 is 0 Å². The minimum absolute atomic E-state index is 0.0924. The summed E-state index contributed by atoms with van der Waals surface area (Å²) in [7, 11) is 0. The van der Waals surface area contributed by atoms with E-state index in [1.165, 1.54) is 0 Å². The molecule has 1 aromatic rings. The van der Waals surface area contributed by atoms with Gasteiger partial charge in [-0.05, 0) is 17.7 Å². The van der Waals surface area contributed by atoms with Gasteiger partial charge in [-0.1, -0.05) is 29.7 Å². The zero-order valence-electron chi connectivity index (χ0n) is 7.59. The molecule has 1 N–H and O–H groups in total. The molecule has 0 heterocycles. The first-order chi connectivity index (χ1) is 6.72. The summed E-state index contributed by atoms with van der Waals surface area (Å²) in [4.78, 5) is 11.2. The van der Waals surface area contributed by atoms with Gasteiger partial charge in [-0.15, -0.1) is 6.42 Å². The fraction of sp³-hybridized carbons (Fsp3) is 0.182. The average molecular weight is 208 g/mol. The van der Waals surface area contributed by atoms with Crippen molar-refractivity contribution in [3.05, 3.63) is 34.9 Å². The van der Waals surface area contributed by atoms with Crippen LogP contribution in [0.5, 0.6) is 0 Å². The van der Waals surface area contributed by atoms with E-state index in [1.807, 2.05) is 12.1 Å². The Morgan fingerprint density at radius 3 is 3.00 bits per heavy atom. The van der Waals surface area contributed by atoms with Crippen LogP contribution < -0.4 is 5.32 Å². The molecule has 0 aliphatic heterocycles. The monoisotopic (exact) mass is 207 g/mol. The summed E-state index contributed by atoms with van der Waals surface area (Å²) >= 11 is 5.77. The zero-order valence-corrected chi connectivity index (χ0v) is 8.34. The molecule has 0 saturated carbocycles. The molecule has 3 heteroatoms. The van der Waals surface area contributed by atoms with Crippen molar-refractivity contribution in [1.29, 1.82) is 0 Å². The number of benzene rings is 1. The molecule has 14 heavy (non-hydrogen) atoms. The molecule has 1 rings (SSSR count). The molecule has 1 amide bonds. The highest BCUT2D eigenvalue weighted by Gasteiger charge is 2.01. The number of hydrogen-bond acceptors (Lipinski definition) is 1. The lowest BCUT2D eigenvalue weighted by molar-refractivity contribution is -0.120. The predicted molar refractivity (Wildman–Crippen MR) is 57.0 cm³/mol. The standard InChI is InChI=1S/C11H10ClNO/c1-2-6-13-11(14)8-9-4-3-5-10(12)7-9/h1,3-5,7H,6,8H2,(H,13,14). The van der Waals surface area contributed by atoms with Crippen LogP contribution in [0.1, 0.15) is 5.56 Å². The summed E-state index contributed by atoms with van der Waals surface area (Å²) in [6.45, 7) is 0.263. The summed E-state index contributed by atoms with van der Waals surface area (Å²) in [5.74, 6) is 2.25. The molecule has 0 atom stereocenters. The highest BCUT2D eigenvalue weighted by Crippen LogP contribution is 2.10. The van der Waals surface area contributed by atoms with Gasteiger partial charge in [-0.2, -0.15) is 0 Å². The van der Waals surface area contributed by atoms with Gasteiger partial charge in [-0.3, -0.25) is 4.79 Å². The van der Waals surface area contributed by atoms with Crippen LogP contribution in [0.15, 0.2) is 24.3 Å². The van der Waals surface area contributed by atoms with Crippen LogP contribution in [0.25, 0.3) is 0 Å². The molecular formula is C11H10ClNO. The second-order valence-electron chi connectivity index (χ2n) is 2.79. The number of terminal acetylenes is 1. The molecule has 0 unspecified atom stereocenters. The van der Waals surface area contributed by atoms with Crippen molar-refractivity contribution in [2.75, 3.05) is 6.54 Å². The Kier molecular flexibility index (Phi) is 4.03. The van der Waals surface area contributed by atoms with E-state index in [0.29, 0.717) is 11.4 Å². The molecule has 1 aromatic carbocycles. The Labute approximate surface area is 88.3 Å². The Hall–Kier alpha value is -1.46. The van der Waals surface area contributed by atoms with Crippen LogP contribution in [-0.4, -0.2) is 12.5 Å². The van der Waals surface area contributed by atoms with Crippen molar-refractivity contribution in [3.8, 4) is 12.3 Å². The van der Waals surface area contributed by atoms with E-state index in [1.54, 1.807) is 12.1 Å². The second kappa shape index (κ2) is 5.31. The lowest BCUT2D eigenvalue weighted by Gasteiger charge is -2.01. The van der Waals surface area contributed by atoms with Gasteiger partial charge in [0.2, 0.25) is 5.91 Å². The van der Waals surface area contributed by atoms with Crippen LogP contribution in [-0.2, 0) is 11.2 Å². The first kappa shape index (κ1) is 10.6. The molecule has 0 radical (unpaired) electrons. The molecular weight excluding hydrogens is 198 g/mol. The SMILES string of the molecule is C#CCNC(=O)Cc1cccc(Cl)c1. The van der Waals surface area contributed by atoms with Crippen LogP contribution in [0.4, 0.5) is 0 Å². The van der Waals surface area contributed by atoms with E-state index in [-0.39, 0.29) is 12.5 Å². The molecule has 0 fully saturated rings. The number of rotatable bonds is 3. The van der Waals surface area contributed by atoms with Gasteiger partial charge in [0.15, 0.2) is 0 Å². The maximum atomic E-state index is 11.2. The van der Waals surface area contributed by atoms with Crippen molar-refractivity contribution < 1.29 is 4.79 Å². The third-order valence-corrected chi connectivity index (χ3v) is 1.88. The van der Waals surface area contributed by atoms with Crippen molar-refractivity contribution in [2.45, 2.75) is 6.42 Å². The molecule has 0 aliphatic rings. The van der Waals surface area contributed by atoms with Crippen LogP contribution in [0.3, 0.4) is 0 Å². The van der Waals surface area contributed by atoms with Crippen molar-refractivity contribution in [1.82, 2.24) is 5.32 Å². The second-order valence-corrected chi connectivity index (χ2v) is 3.22. The van der Waals surface area contributed by atoms with E-state index >= 15 is 0 Å². The smallest absolute Gasteiger partial charge is 0.225 e. The van der Waals surface area contributed by atoms with Crippen molar-refractivity contribution in [3.63, 3.8) is 0 Å². The summed E-state index contributed by atoms with van der Waals surface area (Å²) < 4.78 is 0. The van der Waals surface area contributed by atoms with Crippen LogP contribution in [0, 0.1) is 12.3 Å². The highest BCUT2D eigenvalue weighted by molar-refractivity contribution is 6.30. The number of hydrogen-bond donors (Lipinski definition) is 1. The number of carbonyl (C=O) groups excluding carboxylic acids is 1. The Morgan fingerprint density at radius 1 is 1.57 bits per heavy atom. The predicted octanol–water partition coefficient (Wildman–Crippen LogP) is 1.63. The summed E-state index contributed by atoms with van der Waals surface area (Å²) in [5, 5.41) is 3.21. The minimum Gasteiger partial charge on any atom is -0.345 e. The lowest BCUT2D eigenvalue weighted by Crippen LogP contribution is -2.25. The van der Waals surface area contributed by atoms with Gasteiger partial charge in [0.05, 0.1) is 13.0 Å². The van der Waals surface area contributed by atoms with Gasteiger partial charge in [0, 0.05) is 5.02 Å². The Bertz CT molecular complexity index is 368. The molecule has 0 saturated heterocycles. The van der Waals surface area contributed by atoms with E-state index < -0.39 is 0 Å². The number of halogens is 1. The van der Waals surface area contributed by atoms with Gasteiger partial charge in [0.25, 0.3) is 0 Å². The Balaban J connectivity index is 2.53. The van der Waals surface area contributed by atoms with E-state index in [0.717, 1.165) is 5.56 Å². The number of amides is 1. The maximum absolute atomic E-state index is 11.2. The van der Waals surface area contributed by atoms with E-state index in [2.05, 4.69) is 11.2 Å². The maximum Gasteiger partial charge on any atom is 0.225 e. The first-order valence-electron chi connectivity index (χ1n) is 4.17. The van der Waals surface area contributed by atoms with Gasteiger partial charge in [-0.25, -0.2) is 0 Å². The van der Waals surface area contributed by atoms with Crippen molar-refractivity contribution >= 4 is 17.5 Å². The van der Waals surface area contributed by atoms with Crippen LogP contribution >= 0.6 is 11.6 Å². The average Bonchev–Trinajstić information content (AvgIpc) is 2.15. The van der Waals surface area contributed by atoms with Crippen LogP contribution in [0.2, 0.25) is 5.02 Å². The zero-order chi connectivity index (χ0) is 10.4. The van der Waals surface area contributed by atoms with Crippen molar-refractivity contribution in [2.24, 2.45) is 0 Å². The largest absolute Gasteiger partial charge is 0.345 e. The fourth-order valence-electron chi connectivity index (χ4n) is 1.04. The van der Waals surface area contributed by atoms with Gasteiger partial charge < -0.3 is 5.32 Å². The normalized spacial score (nSPS) is 9.14. The van der Waals surface area contributed by atoms with E-state index in [4.69, 9.17) is 18.0 Å². The number of carbonyl (C=O) groups is 1. The summed E-state index contributed by atoms with van der Waals surface area (Å²) in [6, 6.07) is 7.19. The molecule has 0 aromatic heterocycles. The topological polar surface area (TPSA) is 29.1 Å². The minimum atomic E-state index is -0.0924. The highest BCUT2D eigenvalue weighted by atomic mass is 35.5. The summed E-state index contributed by atoms with van der Waals surface area (Å²) in [5.41, 5.74) is 0.882. The fourth-order valence-corrected chi connectivity index (χ4v) is 1.26. The first-order valence-corrected chi connectivity index (χ1v) is 4.55. The van der Waals surface area contributed by atoms with Gasteiger partial charge in [0.1, 0.15) is 0 Å². The lowest BCUT2D eigenvalue weighted by atomic mass is 10.1. The third-order valence-electron chi connectivity index (χ3n) is 1.64. The summed E-state index contributed by atoms with van der Waals surface area (Å²) in [6.07, 6.45) is 5.32. The molecule has 0 aliphatic carbocycles. The molecule has 0 bridgehead atoms. The third kappa shape index (κ3) is 3.51. The van der Waals surface area contributed by atoms with E-state index in [9.17, 15) is 4.79 Å². The molecule has 72 valence electrons. The number of nitrogens with one attached hydrogen (secondary N) is 1.